The first-order chi connectivity index (χ1) is 26.4. The second-order valence-corrected chi connectivity index (χ2v) is 14.0. The van der Waals surface area contributed by atoms with Crippen LogP contribution in [0, 0.1) is 13.8 Å². The molecule has 0 amide bonds. The summed E-state index contributed by atoms with van der Waals surface area (Å²) in [6.45, 7) is 10.4. The first kappa shape index (κ1) is 36.0. The highest BCUT2D eigenvalue weighted by Crippen LogP contribution is 2.36. The molecule has 1 aliphatic carbocycles. The first-order valence-corrected chi connectivity index (χ1v) is 19.0. The fourth-order valence-electron chi connectivity index (χ4n) is 6.77. The number of aryl methyl sites for hydroxylation is 3. The number of rotatable bonds is 12. The van der Waals surface area contributed by atoms with Crippen LogP contribution < -0.4 is 9.80 Å². The molecule has 266 valence electrons. The topological polar surface area (TPSA) is 6.48 Å². The van der Waals surface area contributed by atoms with Gasteiger partial charge in [-0.3, -0.25) is 0 Å². The zero-order valence-electron chi connectivity index (χ0n) is 31.6. The van der Waals surface area contributed by atoms with Gasteiger partial charge in [0.1, 0.15) is 0 Å². The van der Waals surface area contributed by atoms with Gasteiger partial charge in [-0.05, 0) is 133 Å². The van der Waals surface area contributed by atoms with Crippen molar-refractivity contribution in [3.8, 4) is 0 Å². The molecular formula is C52H48N2. The summed E-state index contributed by atoms with van der Waals surface area (Å²) in [4.78, 5) is 4.69. The van der Waals surface area contributed by atoms with Gasteiger partial charge in [-0.2, -0.15) is 0 Å². The van der Waals surface area contributed by atoms with Gasteiger partial charge < -0.3 is 9.80 Å². The van der Waals surface area contributed by atoms with Gasteiger partial charge in [0.2, 0.25) is 0 Å². The Morgan fingerprint density at radius 1 is 0.444 bits per heavy atom. The Kier molecular flexibility index (Phi) is 11.3. The monoisotopic (exact) mass is 700 g/mol. The van der Waals surface area contributed by atoms with E-state index in [1.165, 1.54) is 50.5 Å². The van der Waals surface area contributed by atoms with Crippen molar-refractivity contribution in [2.45, 2.75) is 40.0 Å². The normalized spacial score (nSPS) is 12.8. The van der Waals surface area contributed by atoms with Gasteiger partial charge in [-0.25, -0.2) is 0 Å². The number of hydrogen-bond acceptors (Lipinski definition) is 2. The predicted octanol–water partition coefficient (Wildman–Crippen LogP) is 14.6. The van der Waals surface area contributed by atoms with Crippen LogP contribution in [0.1, 0.15) is 58.7 Å². The lowest BCUT2D eigenvalue weighted by Crippen LogP contribution is -2.17. The van der Waals surface area contributed by atoms with Gasteiger partial charge in [0.25, 0.3) is 0 Å². The quantitative estimate of drug-likeness (QED) is 0.117. The van der Waals surface area contributed by atoms with Crippen molar-refractivity contribution in [3.63, 3.8) is 0 Å². The Morgan fingerprint density at radius 3 is 1.26 bits per heavy atom. The fraction of sp³-hybridized carbons (Fsp3) is 0.115. The van der Waals surface area contributed by atoms with Crippen molar-refractivity contribution in [1.29, 1.82) is 0 Å². The van der Waals surface area contributed by atoms with Crippen LogP contribution in [0.25, 0.3) is 24.3 Å². The van der Waals surface area contributed by atoms with E-state index >= 15 is 0 Å². The zero-order chi connectivity index (χ0) is 37.3. The molecule has 6 aromatic rings. The molecule has 6 aromatic carbocycles. The Labute approximate surface area is 322 Å². The van der Waals surface area contributed by atoms with E-state index in [0.29, 0.717) is 0 Å². The fourth-order valence-corrected chi connectivity index (χ4v) is 6.77. The largest absolute Gasteiger partial charge is 0.314 e. The lowest BCUT2D eigenvalue weighted by Gasteiger charge is -2.30. The van der Waals surface area contributed by atoms with Gasteiger partial charge in [0.15, 0.2) is 0 Å². The van der Waals surface area contributed by atoms with Crippen molar-refractivity contribution in [3.05, 3.63) is 221 Å². The molecule has 2 heteroatoms. The molecule has 2 nitrogen and oxygen atoms in total. The van der Waals surface area contributed by atoms with Gasteiger partial charge in [-0.1, -0.05) is 146 Å². The molecule has 0 N–H and O–H groups in total. The molecule has 0 heterocycles. The van der Waals surface area contributed by atoms with Crippen LogP contribution in [-0.4, -0.2) is 0 Å². The number of nitrogens with zero attached hydrogens (tertiary/aromatic N) is 2. The maximum atomic E-state index is 3.91. The number of benzene rings is 6. The van der Waals surface area contributed by atoms with Crippen molar-refractivity contribution >= 4 is 52.7 Å². The molecule has 1 aliphatic rings. The highest BCUT2D eigenvalue weighted by Gasteiger charge is 2.17. The molecule has 0 atom stereocenters. The molecule has 0 aliphatic heterocycles. The highest BCUT2D eigenvalue weighted by atomic mass is 15.2. The van der Waals surface area contributed by atoms with E-state index in [-0.39, 0.29) is 0 Å². The van der Waals surface area contributed by atoms with Crippen molar-refractivity contribution in [2.75, 3.05) is 9.80 Å². The summed E-state index contributed by atoms with van der Waals surface area (Å²) in [7, 11) is 0. The van der Waals surface area contributed by atoms with Crippen LogP contribution >= 0.6 is 0 Å². The van der Waals surface area contributed by atoms with Crippen LogP contribution in [0.3, 0.4) is 0 Å². The van der Waals surface area contributed by atoms with Crippen LogP contribution in [0.4, 0.5) is 28.4 Å². The maximum absolute atomic E-state index is 3.91. The minimum Gasteiger partial charge on any atom is -0.314 e. The molecule has 0 bridgehead atoms. The van der Waals surface area contributed by atoms with E-state index in [1.807, 2.05) is 6.08 Å². The van der Waals surface area contributed by atoms with Gasteiger partial charge >= 0.3 is 0 Å². The molecule has 0 unspecified atom stereocenters. The van der Waals surface area contributed by atoms with Crippen molar-refractivity contribution in [2.24, 2.45) is 0 Å². The van der Waals surface area contributed by atoms with Gasteiger partial charge in [-0.15, -0.1) is 0 Å². The number of allylic oxidation sites excluding steroid dienone is 5. The summed E-state index contributed by atoms with van der Waals surface area (Å²) < 4.78 is 0. The second-order valence-electron chi connectivity index (χ2n) is 14.0. The summed E-state index contributed by atoms with van der Waals surface area (Å²) >= 11 is 0. The summed E-state index contributed by atoms with van der Waals surface area (Å²) in [6, 6.07) is 52.5. The van der Waals surface area contributed by atoms with E-state index in [0.717, 1.165) is 47.5 Å². The van der Waals surface area contributed by atoms with Gasteiger partial charge in [0.05, 0.1) is 0 Å². The molecule has 0 saturated heterocycles. The summed E-state index contributed by atoms with van der Waals surface area (Å²) in [5, 5.41) is 0. The Morgan fingerprint density at radius 2 is 0.833 bits per heavy atom. The van der Waals surface area contributed by atoms with E-state index in [4.69, 9.17) is 0 Å². The molecule has 0 saturated carbocycles. The molecule has 0 radical (unpaired) electrons. The molecule has 0 spiro atoms. The third-order valence-corrected chi connectivity index (χ3v) is 10.1. The minimum absolute atomic E-state index is 0.983. The molecule has 7 rings (SSSR count). The van der Waals surface area contributed by atoms with E-state index < -0.39 is 0 Å². The van der Waals surface area contributed by atoms with Crippen LogP contribution in [-0.2, 0) is 6.42 Å². The molecule has 0 aromatic heterocycles. The molecular weight excluding hydrogens is 653 g/mol. The Balaban J connectivity index is 1.02. The lowest BCUT2D eigenvalue weighted by molar-refractivity contribution is 0.892. The predicted molar refractivity (Wildman–Crippen MR) is 235 cm³/mol. The van der Waals surface area contributed by atoms with E-state index in [9.17, 15) is 0 Å². The average molecular weight is 701 g/mol. The third kappa shape index (κ3) is 8.80. The first-order valence-electron chi connectivity index (χ1n) is 19.0. The van der Waals surface area contributed by atoms with E-state index in [2.05, 4.69) is 219 Å². The second kappa shape index (κ2) is 17.0. The maximum Gasteiger partial charge on any atom is 0.0462 e. The SMILES string of the molecule is C=Cc1ccc(N(c2ccc(C)cc2)c2ccc(C=Cc3ccc(C=CC4=CC=C(N(c5ccc(C)cc5)c5ccc(CC)cc5)CC4)cc3)cc2)cc1. The number of hydrogen-bond donors (Lipinski definition) is 0. The molecule has 54 heavy (non-hydrogen) atoms. The van der Waals surface area contributed by atoms with Crippen LogP contribution in [0.2, 0.25) is 0 Å². The van der Waals surface area contributed by atoms with Gasteiger partial charge in [0, 0.05) is 34.1 Å². The third-order valence-electron chi connectivity index (χ3n) is 10.1. The summed E-state index contributed by atoms with van der Waals surface area (Å²) in [6.07, 6.45) is 18.3. The minimum atomic E-state index is 0.983. The van der Waals surface area contributed by atoms with Crippen molar-refractivity contribution < 1.29 is 0 Å². The van der Waals surface area contributed by atoms with E-state index in [1.54, 1.807) is 0 Å². The highest BCUT2D eigenvalue weighted by molar-refractivity contribution is 5.79. The van der Waals surface area contributed by atoms with Crippen molar-refractivity contribution in [1.82, 2.24) is 0 Å². The zero-order valence-corrected chi connectivity index (χ0v) is 31.6. The Bertz CT molecular complexity index is 2280. The molecule has 0 fully saturated rings. The smallest absolute Gasteiger partial charge is 0.0462 e. The van der Waals surface area contributed by atoms with Crippen LogP contribution in [0.15, 0.2) is 182 Å². The summed E-state index contributed by atoms with van der Waals surface area (Å²) in [5.74, 6) is 0. The Hall–Kier alpha value is -6.38. The lowest BCUT2D eigenvalue weighted by atomic mass is 9.99. The number of anilines is 5. The van der Waals surface area contributed by atoms with Crippen LogP contribution in [0.5, 0.6) is 0 Å². The standard InChI is InChI=1S/C52H48N2/c1-5-41-19-31-49(32-20-41)53(47-27-7-39(3)8-28-47)51-35-23-45(24-36-51)17-15-43-11-13-44(14-12-43)16-18-46-25-37-52(38-26-46)54(48-29-9-40(4)10-30-48)50-33-21-42(6-2)22-34-50/h5,7-25,27-37H,1,6,26,38H2,2-4H3. The summed E-state index contributed by atoms with van der Waals surface area (Å²) in [5.41, 5.74) is 16.9. The average Bonchev–Trinajstić information content (AvgIpc) is 3.23.